The molecule has 3 heteroatoms. The molecule has 0 aromatic rings. The van der Waals surface area contributed by atoms with Gasteiger partial charge in [-0.1, -0.05) is 6.92 Å². The third-order valence-corrected chi connectivity index (χ3v) is 3.95. The van der Waals surface area contributed by atoms with Gasteiger partial charge in [0.2, 0.25) is 0 Å². The van der Waals surface area contributed by atoms with Crippen molar-refractivity contribution in [2.75, 3.05) is 33.4 Å². The molecule has 0 saturated carbocycles. The van der Waals surface area contributed by atoms with E-state index in [1.54, 1.807) is 0 Å². The van der Waals surface area contributed by atoms with Crippen molar-refractivity contribution in [3.63, 3.8) is 0 Å². The summed E-state index contributed by atoms with van der Waals surface area (Å²) >= 11 is 0. The van der Waals surface area contributed by atoms with Gasteiger partial charge in [-0.25, -0.2) is 0 Å². The fourth-order valence-electron chi connectivity index (χ4n) is 2.11. The van der Waals surface area contributed by atoms with Crippen LogP contribution in [0.2, 0.25) is 0 Å². The lowest BCUT2D eigenvalue weighted by molar-refractivity contribution is 0.177. The summed E-state index contributed by atoms with van der Waals surface area (Å²) in [6.07, 6.45) is 2.44. The molecule has 0 amide bonds. The van der Waals surface area contributed by atoms with E-state index in [1.807, 2.05) is 0 Å². The van der Waals surface area contributed by atoms with Crippen molar-refractivity contribution in [3.8, 4) is 0 Å². The minimum Gasteiger partial charge on any atom is -0.381 e. The summed E-state index contributed by atoms with van der Waals surface area (Å²) in [6, 6.07) is 1.28. The maximum atomic E-state index is 5.41. The summed E-state index contributed by atoms with van der Waals surface area (Å²) in [4.78, 5) is 2.42. The zero-order valence-electron chi connectivity index (χ0n) is 11.3. The van der Waals surface area contributed by atoms with Gasteiger partial charge in [0.15, 0.2) is 0 Å². The van der Waals surface area contributed by atoms with Crippen LogP contribution in [0.1, 0.15) is 33.6 Å². The predicted octanol–water partition coefficient (Wildman–Crippen LogP) is 1.73. The zero-order chi connectivity index (χ0) is 12.0. The van der Waals surface area contributed by atoms with Gasteiger partial charge in [0.1, 0.15) is 0 Å². The third kappa shape index (κ3) is 4.40. The number of ether oxygens (including phenoxy) is 1. The van der Waals surface area contributed by atoms with Gasteiger partial charge < -0.3 is 15.0 Å². The van der Waals surface area contributed by atoms with Crippen LogP contribution in [-0.2, 0) is 4.74 Å². The van der Waals surface area contributed by atoms with Gasteiger partial charge in [-0.15, -0.1) is 0 Å². The van der Waals surface area contributed by atoms with Crippen molar-refractivity contribution < 1.29 is 4.74 Å². The molecule has 0 aliphatic carbocycles. The highest BCUT2D eigenvalue weighted by molar-refractivity contribution is 4.76. The lowest BCUT2D eigenvalue weighted by Crippen LogP contribution is -2.40. The van der Waals surface area contributed by atoms with Crippen molar-refractivity contribution in [2.45, 2.75) is 45.7 Å². The van der Waals surface area contributed by atoms with E-state index in [0.29, 0.717) is 18.0 Å². The monoisotopic (exact) mass is 228 g/mol. The minimum atomic E-state index is 0.591. The molecule has 1 fully saturated rings. The zero-order valence-corrected chi connectivity index (χ0v) is 11.3. The third-order valence-electron chi connectivity index (χ3n) is 3.95. The highest BCUT2D eigenvalue weighted by Gasteiger charge is 2.21. The molecule has 3 nitrogen and oxygen atoms in total. The Kier molecular flexibility index (Phi) is 6.32. The number of hydrogen-bond donors (Lipinski definition) is 1. The van der Waals surface area contributed by atoms with Crippen molar-refractivity contribution in [3.05, 3.63) is 0 Å². The van der Waals surface area contributed by atoms with Gasteiger partial charge in [0.25, 0.3) is 0 Å². The Bertz CT molecular complexity index is 181. The molecule has 16 heavy (non-hydrogen) atoms. The lowest BCUT2D eigenvalue weighted by atomic mass is 10.0. The molecule has 0 spiro atoms. The molecule has 0 aromatic heterocycles. The second kappa shape index (κ2) is 7.25. The van der Waals surface area contributed by atoms with E-state index in [-0.39, 0.29) is 0 Å². The molecule has 0 aromatic carbocycles. The summed E-state index contributed by atoms with van der Waals surface area (Å²) in [6.45, 7) is 10.9. The molecule has 1 N–H and O–H groups in total. The highest BCUT2D eigenvalue weighted by atomic mass is 16.5. The molecule has 0 radical (unpaired) electrons. The average Bonchev–Trinajstić information content (AvgIpc) is 2.81. The summed E-state index contributed by atoms with van der Waals surface area (Å²) in [5.41, 5.74) is 0. The standard InChI is InChI=1S/C13H28N2O/c1-5-11(2)15(4)8-7-14-12(3)13-6-9-16-10-13/h11-14H,5-10H2,1-4H3. The largest absolute Gasteiger partial charge is 0.381 e. The van der Waals surface area contributed by atoms with Crippen LogP contribution in [0, 0.1) is 5.92 Å². The molecule has 1 heterocycles. The van der Waals surface area contributed by atoms with Crippen LogP contribution in [0.4, 0.5) is 0 Å². The van der Waals surface area contributed by atoms with E-state index in [2.05, 4.69) is 38.0 Å². The SMILES string of the molecule is CCC(C)N(C)CCNC(C)C1CCOC1. The summed E-state index contributed by atoms with van der Waals surface area (Å²) in [7, 11) is 2.21. The number of likely N-dealkylation sites (N-methyl/N-ethyl adjacent to an activating group) is 1. The normalized spacial score (nSPS) is 24.9. The van der Waals surface area contributed by atoms with Crippen molar-refractivity contribution in [2.24, 2.45) is 5.92 Å². The summed E-state index contributed by atoms with van der Waals surface area (Å²) in [5, 5.41) is 3.61. The maximum absolute atomic E-state index is 5.41. The van der Waals surface area contributed by atoms with Crippen LogP contribution in [0.5, 0.6) is 0 Å². The Balaban J connectivity index is 2.09. The second-order valence-corrected chi connectivity index (χ2v) is 5.10. The predicted molar refractivity (Wildman–Crippen MR) is 68.8 cm³/mol. The van der Waals surface area contributed by atoms with Crippen LogP contribution in [0.3, 0.4) is 0 Å². The Labute approximate surface area is 101 Å². The van der Waals surface area contributed by atoms with Gasteiger partial charge in [-0.3, -0.25) is 0 Å². The van der Waals surface area contributed by atoms with E-state index in [0.717, 1.165) is 26.3 Å². The van der Waals surface area contributed by atoms with E-state index in [4.69, 9.17) is 4.74 Å². The van der Waals surface area contributed by atoms with Gasteiger partial charge in [0, 0.05) is 31.8 Å². The van der Waals surface area contributed by atoms with Gasteiger partial charge in [0.05, 0.1) is 6.61 Å². The van der Waals surface area contributed by atoms with Crippen molar-refractivity contribution in [1.82, 2.24) is 10.2 Å². The Morgan fingerprint density at radius 2 is 2.19 bits per heavy atom. The molecule has 0 bridgehead atoms. The molecular formula is C13H28N2O. The topological polar surface area (TPSA) is 24.5 Å². The quantitative estimate of drug-likeness (QED) is 0.718. The van der Waals surface area contributed by atoms with Crippen molar-refractivity contribution in [1.29, 1.82) is 0 Å². The fraction of sp³-hybridized carbons (Fsp3) is 1.00. The van der Waals surface area contributed by atoms with Crippen LogP contribution in [-0.4, -0.2) is 50.3 Å². The lowest BCUT2D eigenvalue weighted by Gasteiger charge is -2.25. The summed E-state index contributed by atoms with van der Waals surface area (Å²) in [5.74, 6) is 0.717. The molecule has 96 valence electrons. The molecule has 1 saturated heterocycles. The Morgan fingerprint density at radius 3 is 2.75 bits per heavy atom. The maximum Gasteiger partial charge on any atom is 0.0509 e. The molecular weight excluding hydrogens is 200 g/mol. The van der Waals surface area contributed by atoms with Crippen LogP contribution < -0.4 is 5.32 Å². The second-order valence-electron chi connectivity index (χ2n) is 5.10. The summed E-state index contributed by atoms with van der Waals surface area (Å²) < 4.78 is 5.41. The van der Waals surface area contributed by atoms with E-state index < -0.39 is 0 Å². The fourth-order valence-corrected chi connectivity index (χ4v) is 2.11. The number of hydrogen-bond acceptors (Lipinski definition) is 3. The molecule has 3 unspecified atom stereocenters. The molecule has 1 aliphatic rings. The first kappa shape index (κ1) is 13.9. The highest BCUT2D eigenvalue weighted by Crippen LogP contribution is 2.16. The smallest absolute Gasteiger partial charge is 0.0509 e. The molecule has 1 aliphatic heterocycles. The van der Waals surface area contributed by atoms with Gasteiger partial charge >= 0.3 is 0 Å². The number of nitrogens with zero attached hydrogens (tertiary/aromatic N) is 1. The van der Waals surface area contributed by atoms with Gasteiger partial charge in [-0.05, 0) is 39.7 Å². The van der Waals surface area contributed by atoms with Crippen LogP contribution >= 0.6 is 0 Å². The van der Waals surface area contributed by atoms with Crippen LogP contribution in [0.15, 0.2) is 0 Å². The van der Waals surface area contributed by atoms with E-state index >= 15 is 0 Å². The first-order chi connectivity index (χ1) is 7.65. The van der Waals surface area contributed by atoms with Gasteiger partial charge in [-0.2, -0.15) is 0 Å². The average molecular weight is 228 g/mol. The van der Waals surface area contributed by atoms with E-state index in [1.165, 1.54) is 12.8 Å². The Morgan fingerprint density at radius 1 is 1.44 bits per heavy atom. The first-order valence-electron chi connectivity index (χ1n) is 6.66. The minimum absolute atomic E-state index is 0.591. The van der Waals surface area contributed by atoms with E-state index in [9.17, 15) is 0 Å². The Hall–Kier alpha value is -0.120. The first-order valence-corrected chi connectivity index (χ1v) is 6.66. The number of rotatable bonds is 7. The molecule has 1 rings (SSSR count). The van der Waals surface area contributed by atoms with Crippen LogP contribution in [0.25, 0.3) is 0 Å². The van der Waals surface area contributed by atoms with Crippen molar-refractivity contribution >= 4 is 0 Å². The molecule has 3 atom stereocenters. The number of nitrogens with one attached hydrogen (secondary N) is 1.